The SMILES string of the molecule is CSc1cccc2sc(N(CCN3CCOCC3)C(=O)c3ccc(S(=O)(=O)N(C)Cc4ccccc4)cc3)nc12.Cl. The summed E-state index contributed by atoms with van der Waals surface area (Å²) in [7, 11) is -2.16. The Morgan fingerprint density at radius 1 is 1.02 bits per heavy atom. The Bertz CT molecular complexity index is 1560. The summed E-state index contributed by atoms with van der Waals surface area (Å²) in [5.41, 5.74) is 2.20. The summed E-state index contributed by atoms with van der Waals surface area (Å²) >= 11 is 3.12. The average molecular weight is 633 g/mol. The summed E-state index contributed by atoms with van der Waals surface area (Å²) in [5, 5.41) is 0.633. The van der Waals surface area contributed by atoms with Crippen LogP contribution in [0.5, 0.6) is 0 Å². The van der Waals surface area contributed by atoms with Crippen molar-refractivity contribution in [3.05, 3.63) is 83.9 Å². The maximum Gasteiger partial charge on any atom is 0.260 e. The molecule has 1 amide bonds. The molecule has 0 spiro atoms. The number of anilines is 1. The number of rotatable bonds is 10. The number of nitrogens with zero attached hydrogens (tertiary/aromatic N) is 4. The number of amides is 1. The van der Waals surface area contributed by atoms with Crippen molar-refractivity contribution in [3.8, 4) is 0 Å². The van der Waals surface area contributed by atoms with Gasteiger partial charge in [-0.2, -0.15) is 4.31 Å². The normalized spacial score (nSPS) is 14.2. The van der Waals surface area contributed by atoms with Crippen molar-refractivity contribution in [2.75, 3.05) is 57.6 Å². The van der Waals surface area contributed by atoms with E-state index in [0.717, 1.165) is 33.8 Å². The number of para-hydroxylation sites is 1. The van der Waals surface area contributed by atoms with Crippen LogP contribution in [0.4, 0.5) is 5.13 Å². The molecule has 41 heavy (non-hydrogen) atoms. The Balaban J connectivity index is 0.00000387. The van der Waals surface area contributed by atoms with E-state index in [-0.39, 0.29) is 29.8 Å². The fourth-order valence-corrected chi connectivity index (χ4v) is 7.38. The second-order valence-corrected chi connectivity index (χ2v) is 13.4. The fourth-order valence-electron chi connectivity index (χ4n) is 4.57. The van der Waals surface area contributed by atoms with E-state index in [2.05, 4.69) is 4.90 Å². The zero-order chi connectivity index (χ0) is 28.1. The molecule has 0 saturated carbocycles. The van der Waals surface area contributed by atoms with Crippen molar-refractivity contribution in [2.45, 2.75) is 16.3 Å². The van der Waals surface area contributed by atoms with Crippen molar-refractivity contribution in [1.82, 2.24) is 14.2 Å². The minimum Gasteiger partial charge on any atom is -0.379 e. The molecule has 3 aromatic carbocycles. The van der Waals surface area contributed by atoms with Crippen LogP contribution in [0.15, 0.2) is 82.6 Å². The third-order valence-electron chi connectivity index (χ3n) is 6.87. The third-order valence-corrected chi connectivity index (χ3v) is 10.5. The van der Waals surface area contributed by atoms with Crippen LogP contribution in [0.1, 0.15) is 15.9 Å². The zero-order valence-electron chi connectivity index (χ0n) is 22.9. The van der Waals surface area contributed by atoms with Gasteiger partial charge in [0.2, 0.25) is 10.0 Å². The van der Waals surface area contributed by atoms with Crippen LogP contribution in [0.2, 0.25) is 0 Å². The summed E-state index contributed by atoms with van der Waals surface area (Å²) in [6, 6.07) is 21.7. The number of morpholine rings is 1. The highest BCUT2D eigenvalue weighted by atomic mass is 35.5. The van der Waals surface area contributed by atoms with E-state index in [1.54, 1.807) is 35.8 Å². The van der Waals surface area contributed by atoms with Crippen LogP contribution in [0.25, 0.3) is 10.2 Å². The van der Waals surface area contributed by atoms with E-state index in [1.165, 1.54) is 27.8 Å². The van der Waals surface area contributed by atoms with E-state index >= 15 is 0 Å². The maximum absolute atomic E-state index is 13.9. The first-order valence-electron chi connectivity index (χ1n) is 13.0. The average Bonchev–Trinajstić information content (AvgIpc) is 3.42. The molecule has 0 unspecified atom stereocenters. The molecule has 5 rings (SSSR count). The van der Waals surface area contributed by atoms with Gasteiger partial charge >= 0.3 is 0 Å². The molecule has 8 nitrogen and oxygen atoms in total. The van der Waals surface area contributed by atoms with Crippen LogP contribution in [0.3, 0.4) is 0 Å². The number of hydrogen-bond acceptors (Lipinski definition) is 8. The van der Waals surface area contributed by atoms with Gasteiger partial charge in [-0.1, -0.05) is 47.7 Å². The summed E-state index contributed by atoms with van der Waals surface area (Å²) in [6.45, 7) is 4.42. The minimum absolute atomic E-state index is 0. The van der Waals surface area contributed by atoms with E-state index < -0.39 is 10.0 Å². The standard InChI is InChI=1S/C29H32N4O4S3.ClH/c1-31(21-22-7-4-3-5-8-22)40(35,36)24-13-11-23(12-14-24)28(34)33(16-15-32-17-19-37-20-18-32)29-30-27-25(38-2)9-6-10-26(27)39-29;/h3-14H,15-21H2,1-2H3;1H. The number of halogens is 1. The summed E-state index contributed by atoms with van der Waals surface area (Å²) < 4.78 is 34.2. The van der Waals surface area contributed by atoms with Crippen molar-refractivity contribution in [1.29, 1.82) is 0 Å². The quantitative estimate of drug-likeness (QED) is 0.221. The molecule has 1 aromatic heterocycles. The molecule has 0 bridgehead atoms. The van der Waals surface area contributed by atoms with Gasteiger partial charge in [0.05, 0.1) is 28.3 Å². The van der Waals surface area contributed by atoms with Crippen LogP contribution in [0, 0.1) is 0 Å². The summed E-state index contributed by atoms with van der Waals surface area (Å²) in [6.07, 6.45) is 2.02. The summed E-state index contributed by atoms with van der Waals surface area (Å²) in [4.78, 5) is 23.9. The third kappa shape index (κ3) is 7.29. The van der Waals surface area contributed by atoms with Gasteiger partial charge in [0, 0.05) is 50.2 Å². The van der Waals surface area contributed by atoms with Gasteiger partial charge in [-0.05, 0) is 48.2 Å². The molecule has 0 atom stereocenters. The number of thiazole rings is 1. The lowest BCUT2D eigenvalue weighted by atomic mass is 10.2. The number of benzene rings is 3. The van der Waals surface area contributed by atoms with Crippen molar-refractivity contribution < 1.29 is 17.9 Å². The molecular formula is C29H33ClN4O4S3. The molecule has 0 aliphatic carbocycles. The van der Waals surface area contributed by atoms with Gasteiger partial charge in [-0.3, -0.25) is 14.6 Å². The Morgan fingerprint density at radius 3 is 2.41 bits per heavy atom. The van der Waals surface area contributed by atoms with Gasteiger partial charge in [-0.15, -0.1) is 24.2 Å². The highest BCUT2D eigenvalue weighted by Gasteiger charge is 2.25. The van der Waals surface area contributed by atoms with E-state index in [9.17, 15) is 13.2 Å². The Morgan fingerprint density at radius 2 is 1.73 bits per heavy atom. The molecular weight excluding hydrogens is 600 g/mol. The lowest BCUT2D eigenvalue weighted by molar-refractivity contribution is 0.0391. The number of sulfonamides is 1. The van der Waals surface area contributed by atoms with Crippen molar-refractivity contribution in [2.24, 2.45) is 0 Å². The van der Waals surface area contributed by atoms with Crippen LogP contribution in [-0.4, -0.2) is 81.2 Å². The van der Waals surface area contributed by atoms with Crippen LogP contribution >= 0.6 is 35.5 Å². The first-order chi connectivity index (χ1) is 19.4. The lowest BCUT2D eigenvalue weighted by Gasteiger charge is -2.29. The number of ether oxygens (including phenoxy) is 1. The first kappa shape index (κ1) is 31.4. The Labute approximate surface area is 255 Å². The van der Waals surface area contributed by atoms with Gasteiger partial charge in [0.15, 0.2) is 5.13 Å². The number of hydrogen-bond donors (Lipinski definition) is 0. The van der Waals surface area contributed by atoms with Gasteiger partial charge in [0.1, 0.15) is 0 Å². The molecule has 12 heteroatoms. The van der Waals surface area contributed by atoms with E-state index in [4.69, 9.17) is 9.72 Å². The van der Waals surface area contributed by atoms with Gasteiger partial charge in [-0.25, -0.2) is 13.4 Å². The number of carbonyl (C=O) groups is 1. The van der Waals surface area contributed by atoms with Crippen molar-refractivity contribution >= 4 is 66.8 Å². The highest BCUT2D eigenvalue weighted by molar-refractivity contribution is 7.98. The number of thioether (sulfide) groups is 1. The predicted octanol–water partition coefficient (Wildman–Crippen LogP) is 5.24. The number of carbonyl (C=O) groups excluding carboxylic acids is 1. The topological polar surface area (TPSA) is 83.0 Å². The Kier molecular flexibility index (Phi) is 10.8. The van der Waals surface area contributed by atoms with Crippen LogP contribution in [-0.2, 0) is 21.3 Å². The molecule has 0 N–H and O–H groups in total. The van der Waals surface area contributed by atoms with E-state index in [1.807, 2.05) is 54.8 Å². The molecule has 4 aromatic rings. The minimum atomic E-state index is -3.72. The van der Waals surface area contributed by atoms with E-state index in [0.29, 0.717) is 37.0 Å². The fraction of sp³-hybridized carbons (Fsp3) is 0.310. The number of aromatic nitrogens is 1. The molecule has 2 heterocycles. The van der Waals surface area contributed by atoms with Crippen molar-refractivity contribution in [3.63, 3.8) is 0 Å². The second kappa shape index (κ2) is 14.1. The number of fused-ring (bicyclic) bond motifs is 1. The van der Waals surface area contributed by atoms with Crippen LogP contribution < -0.4 is 4.90 Å². The second-order valence-electron chi connectivity index (χ2n) is 9.49. The predicted molar refractivity (Wildman–Crippen MR) is 169 cm³/mol. The Hall–Kier alpha value is -2.51. The van der Waals surface area contributed by atoms with Gasteiger partial charge in [0.25, 0.3) is 5.91 Å². The lowest BCUT2D eigenvalue weighted by Crippen LogP contribution is -2.43. The maximum atomic E-state index is 13.9. The summed E-state index contributed by atoms with van der Waals surface area (Å²) in [5.74, 6) is -0.209. The highest BCUT2D eigenvalue weighted by Crippen LogP contribution is 2.34. The zero-order valence-corrected chi connectivity index (χ0v) is 26.2. The first-order valence-corrected chi connectivity index (χ1v) is 16.5. The smallest absolute Gasteiger partial charge is 0.260 e. The molecule has 218 valence electrons. The molecule has 0 radical (unpaired) electrons. The monoisotopic (exact) mass is 632 g/mol. The molecule has 1 saturated heterocycles. The molecule has 1 aliphatic rings. The molecule has 1 fully saturated rings. The van der Waals surface area contributed by atoms with Gasteiger partial charge < -0.3 is 4.74 Å². The molecule has 1 aliphatic heterocycles. The largest absolute Gasteiger partial charge is 0.379 e.